The second-order valence-corrected chi connectivity index (χ2v) is 8.15. The van der Waals surface area contributed by atoms with Gasteiger partial charge in [-0.1, -0.05) is 41.4 Å². The van der Waals surface area contributed by atoms with Crippen molar-refractivity contribution in [1.82, 2.24) is 5.32 Å². The summed E-state index contributed by atoms with van der Waals surface area (Å²) in [5.41, 5.74) is 2.00. The molecule has 178 valence electrons. The van der Waals surface area contributed by atoms with Crippen LogP contribution < -0.4 is 19.7 Å². The average molecular weight is 495 g/mol. The third-order valence-corrected chi connectivity index (χ3v) is 5.51. The number of anilines is 1. The number of barbiturate groups is 1. The zero-order valence-corrected chi connectivity index (χ0v) is 19.6. The molecule has 0 aromatic heterocycles. The van der Waals surface area contributed by atoms with E-state index in [1.165, 1.54) is 37.5 Å². The van der Waals surface area contributed by atoms with Gasteiger partial charge in [-0.2, -0.15) is 0 Å². The number of imide groups is 2. The van der Waals surface area contributed by atoms with Gasteiger partial charge < -0.3 is 9.47 Å². The number of hydrogen-bond donors (Lipinski definition) is 1. The molecule has 1 heterocycles. The molecule has 0 spiro atoms. The van der Waals surface area contributed by atoms with Crippen molar-refractivity contribution in [3.05, 3.63) is 93.8 Å². The summed E-state index contributed by atoms with van der Waals surface area (Å²) >= 11 is 6.41. The number of nitrogens with zero attached hydrogens (tertiary/aromatic N) is 1. The molecule has 0 aliphatic carbocycles. The maximum absolute atomic E-state index is 13.4. The van der Waals surface area contributed by atoms with Crippen molar-refractivity contribution in [1.29, 1.82) is 0 Å². The molecule has 1 aliphatic heterocycles. The lowest BCUT2D eigenvalue weighted by atomic mass is 10.1. The van der Waals surface area contributed by atoms with Gasteiger partial charge in [0.05, 0.1) is 17.8 Å². The fourth-order valence-electron chi connectivity index (χ4n) is 3.50. The first kappa shape index (κ1) is 24.0. The number of carbonyl (C=O) groups excluding carboxylic acids is 3. The Morgan fingerprint density at radius 1 is 1.06 bits per heavy atom. The monoisotopic (exact) mass is 494 g/mol. The minimum atomic E-state index is -0.835. The van der Waals surface area contributed by atoms with Gasteiger partial charge in [-0.15, -0.1) is 0 Å². The minimum absolute atomic E-state index is 0.0444. The highest BCUT2D eigenvalue weighted by molar-refractivity contribution is 6.39. The molecule has 35 heavy (non-hydrogen) atoms. The van der Waals surface area contributed by atoms with Gasteiger partial charge in [0.25, 0.3) is 11.8 Å². The summed E-state index contributed by atoms with van der Waals surface area (Å²) < 4.78 is 24.6. The number of benzene rings is 3. The summed E-state index contributed by atoms with van der Waals surface area (Å²) in [5, 5.41) is 2.34. The highest BCUT2D eigenvalue weighted by atomic mass is 35.5. The number of carbonyl (C=O) groups is 3. The molecule has 3 aromatic rings. The van der Waals surface area contributed by atoms with Gasteiger partial charge in [-0.25, -0.2) is 14.1 Å². The molecule has 0 radical (unpaired) electrons. The topological polar surface area (TPSA) is 84.9 Å². The molecule has 3 aromatic carbocycles. The van der Waals surface area contributed by atoms with Gasteiger partial charge in [0, 0.05) is 0 Å². The SMILES string of the molecule is COc1cc(/C=C2\C(=O)NC(=O)N(c3ccc(C)cc3)C2=O)cc(Cl)c1OCc1cccc(F)c1. The standard InChI is InChI=1S/C26H20ClFN2O5/c1-15-6-8-19(9-7-15)30-25(32)20(24(31)29-26(30)33)11-17-12-21(27)23(22(13-17)34-2)35-14-16-4-3-5-18(28)10-16/h3-13H,14H2,1-2H3,(H,29,31,33)/b20-11+. The summed E-state index contributed by atoms with van der Waals surface area (Å²) in [6.07, 6.45) is 1.32. The minimum Gasteiger partial charge on any atom is -0.493 e. The van der Waals surface area contributed by atoms with Gasteiger partial charge in [0.1, 0.15) is 18.0 Å². The molecule has 1 saturated heterocycles. The average Bonchev–Trinajstić information content (AvgIpc) is 2.82. The highest BCUT2D eigenvalue weighted by Crippen LogP contribution is 2.38. The summed E-state index contributed by atoms with van der Waals surface area (Å²) in [6.45, 7) is 1.92. The number of halogens is 2. The quantitative estimate of drug-likeness (QED) is 0.383. The van der Waals surface area contributed by atoms with E-state index in [1.807, 2.05) is 6.92 Å². The number of amides is 4. The zero-order chi connectivity index (χ0) is 25.1. The number of hydrogen-bond acceptors (Lipinski definition) is 5. The second-order valence-electron chi connectivity index (χ2n) is 7.75. The van der Waals surface area contributed by atoms with Crippen LogP contribution in [0.5, 0.6) is 11.5 Å². The van der Waals surface area contributed by atoms with E-state index in [-0.39, 0.29) is 34.5 Å². The first-order chi connectivity index (χ1) is 16.8. The third kappa shape index (κ3) is 5.17. The number of urea groups is 1. The van der Waals surface area contributed by atoms with Crippen LogP contribution >= 0.6 is 11.6 Å². The summed E-state index contributed by atoms with van der Waals surface area (Å²) in [6, 6.07) is 14.9. The van der Waals surface area contributed by atoms with Crippen molar-refractivity contribution in [2.24, 2.45) is 0 Å². The van der Waals surface area contributed by atoms with Crippen molar-refractivity contribution < 1.29 is 28.2 Å². The van der Waals surface area contributed by atoms with Crippen LogP contribution in [0.15, 0.2) is 66.2 Å². The molecule has 0 atom stereocenters. The Hall–Kier alpha value is -4.17. The molecule has 1 aliphatic rings. The van der Waals surface area contributed by atoms with Crippen LogP contribution in [0.25, 0.3) is 6.08 Å². The maximum atomic E-state index is 13.4. The lowest BCUT2D eigenvalue weighted by Crippen LogP contribution is -2.54. The Bertz CT molecular complexity index is 1350. The van der Waals surface area contributed by atoms with Gasteiger partial charge >= 0.3 is 6.03 Å². The third-order valence-electron chi connectivity index (χ3n) is 5.23. The zero-order valence-electron chi connectivity index (χ0n) is 18.8. The van der Waals surface area contributed by atoms with E-state index < -0.39 is 17.8 Å². The Balaban J connectivity index is 1.64. The molecular formula is C26H20ClFN2O5. The molecule has 7 nitrogen and oxygen atoms in total. The lowest BCUT2D eigenvalue weighted by molar-refractivity contribution is -0.122. The molecule has 0 saturated carbocycles. The van der Waals surface area contributed by atoms with Crippen LogP contribution in [-0.4, -0.2) is 25.0 Å². The molecule has 9 heteroatoms. The lowest BCUT2D eigenvalue weighted by Gasteiger charge is -2.26. The van der Waals surface area contributed by atoms with Crippen molar-refractivity contribution in [3.8, 4) is 11.5 Å². The summed E-state index contributed by atoms with van der Waals surface area (Å²) in [4.78, 5) is 38.8. The maximum Gasteiger partial charge on any atom is 0.335 e. The molecule has 4 rings (SSSR count). The van der Waals surface area contributed by atoms with E-state index in [0.717, 1.165) is 10.5 Å². The molecule has 4 amide bonds. The van der Waals surface area contributed by atoms with E-state index in [0.29, 0.717) is 16.8 Å². The van der Waals surface area contributed by atoms with Crippen molar-refractivity contribution in [2.45, 2.75) is 13.5 Å². The van der Waals surface area contributed by atoms with Crippen LogP contribution in [0.3, 0.4) is 0 Å². The fraction of sp³-hybridized carbons (Fsp3) is 0.115. The van der Waals surface area contributed by atoms with E-state index in [1.54, 1.807) is 36.4 Å². The summed E-state index contributed by atoms with van der Waals surface area (Å²) in [7, 11) is 1.41. The second kappa shape index (κ2) is 9.99. The van der Waals surface area contributed by atoms with Gasteiger partial charge in [0.2, 0.25) is 0 Å². The number of ether oxygens (including phenoxy) is 2. The normalized spacial score (nSPS) is 14.8. The highest BCUT2D eigenvalue weighted by Gasteiger charge is 2.36. The molecule has 1 fully saturated rings. The van der Waals surface area contributed by atoms with Crippen LogP contribution in [0, 0.1) is 12.7 Å². The van der Waals surface area contributed by atoms with E-state index in [9.17, 15) is 18.8 Å². The van der Waals surface area contributed by atoms with Crippen molar-refractivity contribution in [2.75, 3.05) is 12.0 Å². The van der Waals surface area contributed by atoms with Crippen molar-refractivity contribution in [3.63, 3.8) is 0 Å². The van der Waals surface area contributed by atoms with Crippen LogP contribution in [0.4, 0.5) is 14.9 Å². The largest absolute Gasteiger partial charge is 0.493 e. The molecule has 0 unspecified atom stereocenters. The van der Waals surface area contributed by atoms with E-state index >= 15 is 0 Å². The molecule has 1 N–H and O–H groups in total. The van der Waals surface area contributed by atoms with E-state index in [4.69, 9.17) is 21.1 Å². The predicted molar refractivity (Wildman–Crippen MR) is 129 cm³/mol. The number of rotatable bonds is 6. The molecular weight excluding hydrogens is 475 g/mol. The number of nitrogens with one attached hydrogen (secondary N) is 1. The van der Waals surface area contributed by atoms with Gasteiger partial charge in [-0.3, -0.25) is 14.9 Å². The van der Waals surface area contributed by atoms with Crippen molar-refractivity contribution >= 4 is 41.2 Å². The van der Waals surface area contributed by atoms with Gasteiger partial charge in [-0.05, 0) is 60.5 Å². The van der Waals surface area contributed by atoms with Crippen LogP contribution in [0.2, 0.25) is 5.02 Å². The Morgan fingerprint density at radius 2 is 1.80 bits per heavy atom. The van der Waals surface area contributed by atoms with Gasteiger partial charge in [0.15, 0.2) is 11.5 Å². The number of aryl methyl sites for hydroxylation is 1. The summed E-state index contributed by atoms with van der Waals surface area (Å²) in [5.74, 6) is -1.53. The fourth-order valence-corrected chi connectivity index (χ4v) is 3.77. The Morgan fingerprint density at radius 3 is 2.49 bits per heavy atom. The Kier molecular flexibility index (Phi) is 6.84. The smallest absolute Gasteiger partial charge is 0.335 e. The first-order valence-corrected chi connectivity index (χ1v) is 10.9. The van der Waals surface area contributed by atoms with Crippen LogP contribution in [-0.2, 0) is 16.2 Å². The van der Waals surface area contributed by atoms with E-state index in [2.05, 4.69) is 5.32 Å². The Labute approximate surface area is 205 Å². The van der Waals surface area contributed by atoms with Crippen LogP contribution in [0.1, 0.15) is 16.7 Å². The predicted octanol–water partition coefficient (Wildman–Crippen LogP) is 5.04. The first-order valence-electron chi connectivity index (χ1n) is 10.5. The molecule has 0 bridgehead atoms. The number of methoxy groups -OCH3 is 1.